The van der Waals surface area contributed by atoms with Crippen molar-refractivity contribution in [3.8, 4) is 0 Å². The third kappa shape index (κ3) is 3.24. The SMILES string of the molecule is O=C(c1ccc(F)c(F)c1F)N1CCN(Cc2ccco2)CC1. The Hall–Kier alpha value is -2.28. The van der Waals surface area contributed by atoms with Crippen LogP contribution < -0.4 is 0 Å². The first-order chi connectivity index (χ1) is 11.1. The zero-order valence-corrected chi connectivity index (χ0v) is 12.3. The molecule has 0 unspecified atom stereocenters. The molecule has 1 aromatic heterocycles. The number of halogens is 3. The molecule has 0 bridgehead atoms. The average Bonchev–Trinajstić information content (AvgIpc) is 3.06. The van der Waals surface area contributed by atoms with E-state index in [0.29, 0.717) is 32.7 Å². The lowest BCUT2D eigenvalue weighted by molar-refractivity contribution is 0.0614. The van der Waals surface area contributed by atoms with Gasteiger partial charge in [-0.25, -0.2) is 13.2 Å². The van der Waals surface area contributed by atoms with Crippen molar-refractivity contribution in [2.75, 3.05) is 26.2 Å². The first-order valence-corrected chi connectivity index (χ1v) is 7.24. The Balaban J connectivity index is 1.63. The van der Waals surface area contributed by atoms with E-state index in [0.717, 1.165) is 17.9 Å². The predicted octanol–water partition coefficient (Wildman–Crippen LogP) is 2.65. The summed E-state index contributed by atoms with van der Waals surface area (Å²) in [6, 6.07) is 5.42. The van der Waals surface area contributed by atoms with Crippen molar-refractivity contribution in [1.29, 1.82) is 0 Å². The van der Waals surface area contributed by atoms with Crippen molar-refractivity contribution in [3.05, 3.63) is 59.3 Å². The summed E-state index contributed by atoms with van der Waals surface area (Å²) in [6.07, 6.45) is 1.60. The summed E-state index contributed by atoms with van der Waals surface area (Å²) in [5, 5.41) is 0. The van der Waals surface area contributed by atoms with Gasteiger partial charge in [-0.2, -0.15) is 0 Å². The molecule has 7 heteroatoms. The minimum absolute atomic E-state index is 0.387. The number of benzene rings is 1. The van der Waals surface area contributed by atoms with Gasteiger partial charge >= 0.3 is 0 Å². The molecule has 0 spiro atoms. The molecule has 1 aliphatic rings. The van der Waals surface area contributed by atoms with Gasteiger partial charge in [0.15, 0.2) is 17.5 Å². The van der Waals surface area contributed by atoms with Gasteiger partial charge in [0, 0.05) is 26.2 Å². The zero-order valence-electron chi connectivity index (χ0n) is 12.3. The molecule has 1 aromatic carbocycles. The van der Waals surface area contributed by atoms with Gasteiger partial charge in [-0.3, -0.25) is 9.69 Å². The van der Waals surface area contributed by atoms with Gasteiger partial charge in [0.25, 0.3) is 5.91 Å². The van der Waals surface area contributed by atoms with E-state index < -0.39 is 28.9 Å². The van der Waals surface area contributed by atoms with Gasteiger partial charge < -0.3 is 9.32 Å². The molecule has 1 fully saturated rings. The molecule has 3 rings (SSSR count). The van der Waals surface area contributed by atoms with E-state index in [-0.39, 0.29) is 0 Å². The van der Waals surface area contributed by atoms with Crippen LogP contribution in [0.15, 0.2) is 34.9 Å². The van der Waals surface area contributed by atoms with Gasteiger partial charge in [0.05, 0.1) is 18.4 Å². The maximum Gasteiger partial charge on any atom is 0.257 e. The molecule has 2 heterocycles. The molecule has 0 atom stereocenters. The van der Waals surface area contributed by atoms with Crippen LogP contribution in [0.4, 0.5) is 13.2 Å². The Bertz CT molecular complexity index is 696. The second-order valence-electron chi connectivity index (χ2n) is 5.37. The Morgan fingerprint density at radius 2 is 1.78 bits per heavy atom. The van der Waals surface area contributed by atoms with Gasteiger partial charge in [0.2, 0.25) is 0 Å². The largest absolute Gasteiger partial charge is 0.468 e. The molecule has 1 saturated heterocycles. The second kappa shape index (κ2) is 6.45. The van der Waals surface area contributed by atoms with E-state index in [1.165, 1.54) is 4.90 Å². The molecule has 1 aliphatic heterocycles. The normalized spacial score (nSPS) is 15.9. The highest BCUT2D eigenvalue weighted by atomic mass is 19.2. The molecule has 1 amide bonds. The summed E-state index contributed by atoms with van der Waals surface area (Å²) in [5.74, 6) is -4.15. The maximum atomic E-state index is 13.7. The molecule has 0 saturated carbocycles. The fraction of sp³-hybridized carbons (Fsp3) is 0.312. The van der Waals surface area contributed by atoms with E-state index in [1.807, 2.05) is 6.07 Å². The van der Waals surface area contributed by atoms with Crippen molar-refractivity contribution >= 4 is 5.91 Å². The molecule has 23 heavy (non-hydrogen) atoms. The van der Waals surface area contributed by atoms with Crippen molar-refractivity contribution in [1.82, 2.24) is 9.80 Å². The fourth-order valence-electron chi connectivity index (χ4n) is 2.59. The number of hydrogen-bond donors (Lipinski definition) is 0. The van der Waals surface area contributed by atoms with Crippen LogP contribution in [-0.4, -0.2) is 41.9 Å². The summed E-state index contributed by atoms with van der Waals surface area (Å²) in [6.45, 7) is 2.60. The molecular weight excluding hydrogens is 309 g/mol. The summed E-state index contributed by atoms with van der Waals surface area (Å²) in [7, 11) is 0. The Kier molecular flexibility index (Phi) is 4.38. The highest BCUT2D eigenvalue weighted by molar-refractivity contribution is 5.94. The minimum Gasteiger partial charge on any atom is -0.468 e. The lowest BCUT2D eigenvalue weighted by Gasteiger charge is -2.34. The number of carbonyl (C=O) groups is 1. The first kappa shape index (κ1) is 15.6. The van der Waals surface area contributed by atoms with Crippen LogP contribution in [0.5, 0.6) is 0 Å². The number of carbonyl (C=O) groups excluding carboxylic acids is 1. The van der Waals surface area contributed by atoms with E-state index in [9.17, 15) is 18.0 Å². The number of amides is 1. The summed E-state index contributed by atoms with van der Waals surface area (Å²) in [5.41, 5.74) is -0.441. The van der Waals surface area contributed by atoms with E-state index in [2.05, 4.69) is 4.90 Å². The van der Waals surface area contributed by atoms with Gasteiger partial charge in [-0.15, -0.1) is 0 Å². The van der Waals surface area contributed by atoms with E-state index in [4.69, 9.17) is 4.42 Å². The van der Waals surface area contributed by atoms with E-state index >= 15 is 0 Å². The standard InChI is InChI=1S/C16H15F3N2O2/c17-13-4-3-12(14(18)15(13)19)16(22)21-7-5-20(6-8-21)10-11-2-1-9-23-11/h1-4,9H,5-8,10H2. The topological polar surface area (TPSA) is 36.7 Å². The molecular formula is C16H15F3N2O2. The number of hydrogen-bond acceptors (Lipinski definition) is 3. The van der Waals surface area contributed by atoms with Crippen molar-refractivity contribution in [2.24, 2.45) is 0 Å². The first-order valence-electron chi connectivity index (χ1n) is 7.24. The number of piperazine rings is 1. The third-order valence-electron chi connectivity index (χ3n) is 3.88. The van der Waals surface area contributed by atoms with Gasteiger partial charge in [-0.1, -0.05) is 0 Å². The third-order valence-corrected chi connectivity index (χ3v) is 3.88. The predicted molar refractivity (Wildman–Crippen MR) is 76.2 cm³/mol. The lowest BCUT2D eigenvalue weighted by Crippen LogP contribution is -2.48. The van der Waals surface area contributed by atoms with Crippen molar-refractivity contribution in [3.63, 3.8) is 0 Å². The van der Waals surface area contributed by atoms with Crippen LogP contribution >= 0.6 is 0 Å². The van der Waals surface area contributed by atoms with Crippen LogP contribution in [0.1, 0.15) is 16.1 Å². The number of nitrogens with zero attached hydrogens (tertiary/aromatic N) is 2. The molecule has 4 nitrogen and oxygen atoms in total. The molecule has 2 aromatic rings. The Morgan fingerprint density at radius 1 is 1.04 bits per heavy atom. The highest BCUT2D eigenvalue weighted by Crippen LogP contribution is 2.18. The average molecular weight is 324 g/mol. The molecule has 0 N–H and O–H groups in total. The monoisotopic (exact) mass is 324 g/mol. The summed E-state index contributed by atoms with van der Waals surface area (Å²) < 4.78 is 45.2. The fourth-order valence-corrected chi connectivity index (χ4v) is 2.59. The number of furan rings is 1. The summed E-state index contributed by atoms with van der Waals surface area (Å²) >= 11 is 0. The zero-order chi connectivity index (χ0) is 16.4. The Labute approximate surface area is 131 Å². The summed E-state index contributed by atoms with van der Waals surface area (Å²) in [4.78, 5) is 15.8. The van der Waals surface area contributed by atoms with Crippen LogP contribution in [0.3, 0.4) is 0 Å². The van der Waals surface area contributed by atoms with Crippen LogP contribution in [0.25, 0.3) is 0 Å². The minimum atomic E-state index is -1.62. The number of rotatable bonds is 3. The van der Waals surface area contributed by atoms with Gasteiger partial charge in [-0.05, 0) is 24.3 Å². The molecule has 0 aliphatic carbocycles. The van der Waals surface area contributed by atoms with Crippen molar-refractivity contribution < 1.29 is 22.4 Å². The highest BCUT2D eigenvalue weighted by Gasteiger charge is 2.26. The van der Waals surface area contributed by atoms with Crippen LogP contribution in [0.2, 0.25) is 0 Å². The van der Waals surface area contributed by atoms with Crippen LogP contribution in [0, 0.1) is 17.5 Å². The second-order valence-corrected chi connectivity index (χ2v) is 5.37. The quantitative estimate of drug-likeness (QED) is 0.815. The van der Waals surface area contributed by atoms with Crippen molar-refractivity contribution in [2.45, 2.75) is 6.54 Å². The van der Waals surface area contributed by atoms with E-state index in [1.54, 1.807) is 12.3 Å². The lowest BCUT2D eigenvalue weighted by atomic mass is 10.1. The molecule has 122 valence electrons. The maximum absolute atomic E-state index is 13.7. The smallest absolute Gasteiger partial charge is 0.257 e. The van der Waals surface area contributed by atoms with Crippen LogP contribution in [-0.2, 0) is 6.54 Å². The molecule has 0 radical (unpaired) electrons. The van der Waals surface area contributed by atoms with Gasteiger partial charge in [0.1, 0.15) is 5.76 Å². The Morgan fingerprint density at radius 3 is 2.43 bits per heavy atom.